The molecular formula is C16H20FNO3. The molecule has 5 heteroatoms. The van der Waals surface area contributed by atoms with E-state index in [1.54, 1.807) is 25.3 Å². The first kappa shape index (κ1) is 15.7. The summed E-state index contributed by atoms with van der Waals surface area (Å²) in [6.07, 6.45) is 4.00. The van der Waals surface area contributed by atoms with Crippen LogP contribution in [0.25, 0.3) is 6.08 Å². The van der Waals surface area contributed by atoms with Gasteiger partial charge in [0.2, 0.25) is 5.91 Å². The summed E-state index contributed by atoms with van der Waals surface area (Å²) >= 11 is 0. The van der Waals surface area contributed by atoms with E-state index in [0.717, 1.165) is 0 Å². The number of carbonyl (C=O) groups is 1. The van der Waals surface area contributed by atoms with E-state index in [1.165, 1.54) is 23.1 Å². The van der Waals surface area contributed by atoms with Crippen LogP contribution in [0, 0.1) is 5.82 Å². The van der Waals surface area contributed by atoms with Gasteiger partial charge in [-0.2, -0.15) is 0 Å². The molecule has 1 saturated heterocycles. The van der Waals surface area contributed by atoms with E-state index in [2.05, 4.69) is 0 Å². The SMILES string of the molecule is CN(CC1(O)CCOCC1)C(=O)/C=C/c1cccc(F)c1. The molecule has 1 aromatic carbocycles. The molecule has 21 heavy (non-hydrogen) atoms. The van der Waals surface area contributed by atoms with Crippen molar-refractivity contribution in [1.29, 1.82) is 0 Å². The molecule has 0 unspecified atom stereocenters. The Morgan fingerprint density at radius 2 is 2.19 bits per heavy atom. The molecule has 114 valence electrons. The molecule has 0 atom stereocenters. The first-order valence-corrected chi connectivity index (χ1v) is 6.97. The number of nitrogens with zero attached hydrogens (tertiary/aromatic N) is 1. The van der Waals surface area contributed by atoms with Crippen LogP contribution in [0.2, 0.25) is 0 Å². The first-order valence-electron chi connectivity index (χ1n) is 6.97. The van der Waals surface area contributed by atoms with Crippen molar-refractivity contribution in [3.8, 4) is 0 Å². The summed E-state index contributed by atoms with van der Waals surface area (Å²) in [6.45, 7) is 1.29. The number of benzene rings is 1. The van der Waals surface area contributed by atoms with Crippen molar-refractivity contribution in [2.45, 2.75) is 18.4 Å². The Bertz CT molecular complexity index is 524. The Kier molecular flexibility index (Phi) is 5.09. The van der Waals surface area contributed by atoms with Crippen molar-refractivity contribution in [2.24, 2.45) is 0 Å². The highest BCUT2D eigenvalue weighted by atomic mass is 19.1. The lowest BCUT2D eigenvalue weighted by atomic mass is 9.94. The summed E-state index contributed by atoms with van der Waals surface area (Å²) in [4.78, 5) is 13.5. The van der Waals surface area contributed by atoms with Crippen molar-refractivity contribution in [1.82, 2.24) is 4.90 Å². The van der Waals surface area contributed by atoms with Crippen molar-refractivity contribution in [3.05, 3.63) is 41.7 Å². The average Bonchev–Trinajstić information content (AvgIpc) is 2.45. The molecule has 1 N–H and O–H groups in total. The molecule has 2 rings (SSSR count). The van der Waals surface area contributed by atoms with Crippen LogP contribution in [0.5, 0.6) is 0 Å². The largest absolute Gasteiger partial charge is 0.388 e. The molecule has 0 aliphatic carbocycles. The van der Waals surface area contributed by atoms with Gasteiger partial charge in [-0.15, -0.1) is 0 Å². The number of rotatable bonds is 4. The number of aliphatic hydroxyl groups is 1. The number of likely N-dealkylation sites (N-methyl/N-ethyl adjacent to an activating group) is 1. The second-order valence-electron chi connectivity index (χ2n) is 5.42. The maximum absolute atomic E-state index is 13.0. The zero-order valence-electron chi connectivity index (χ0n) is 12.1. The molecule has 1 aliphatic rings. The molecule has 0 aromatic heterocycles. The van der Waals surface area contributed by atoms with Crippen LogP contribution in [-0.4, -0.2) is 48.3 Å². The monoisotopic (exact) mass is 293 g/mol. The Morgan fingerprint density at radius 1 is 1.48 bits per heavy atom. The smallest absolute Gasteiger partial charge is 0.246 e. The highest BCUT2D eigenvalue weighted by Crippen LogP contribution is 2.21. The van der Waals surface area contributed by atoms with E-state index in [1.807, 2.05) is 0 Å². The van der Waals surface area contributed by atoms with E-state index >= 15 is 0 Å². The summed E-state index contributed by atoms with van der Waals surface area (Å²) in [5.74, 6) is -0.561. The quantitative estimate of drug-likeness (QED) is 0.862. The summed E-state index contributed by atoms with van der Waals surface area (Å²) in [5, 5.41) is 10.4. The molecule has 0 bridgehead atoms. The summed E-state index contributed by atoms with van der Waals surface area (Å²) < 4.78 is 18.2. The van der Waals surface area contributed by atoms with Gasteiger partial charge in [0.05, 0.1) is 5.60 Å². The second-order valence-corrected chi connectivity index (χ2v) is 5.42. The maximum atomic E-state index is 13.0. The molecule has 4 nitrogen and oxygen atoms in total. The van der Waals surface area contributed by atoms with Crippen molar-refractivity contribution < 1.29 is 19.0 Å². The molecule has 0 saturated carbocycles. The van der Waals surface area contributed by atoms with Crippen LogP contribution in [0.15, 0.2) is 30.3 Å². The Balaban J connectivity index is 1.93. The predicted molar refractivity (Wildman–Crippen MR) is 78.1 cm³/mol. The van der Waals surface area contributed by atoms with E-state index in [0.29, 0.717) is 31.6 Å². The number of hydrogen-bond donors (Lipinski definition) is 1. The maximum Gasteiger partial charge on any atom is 0.246 e. The van der Waals surface area contributed by atoms with Gasteiger partial charge >= 0.3 is 0 Å². The van der Waals surface area contributed by atoms with Gasteiger partial charge in [-0.05, 0) is 23.8 Å². The number of hydrogen-bond acceptors (Lipinski definition) is 3. The minimum atomic E-state index is -0.880. The lowest BCUT2D eigenvalue weighted by molar-refractivity contribution is -0.131. The van der Waals surface area contributed by atoms with Crippen LogP contribution in [0.4, 0.5) is 4.39 Å². The molecule has 0 radical (unpaired) electrons. The van der Waals surface area contributed by atoms with Crippen molar-refractivity contribution in [2.75, 3.05) is 26.8 Å². The standard InChI is InChI=1S/C16H20FNO3/c1-18(12-16(20)7-9-21-10-8-16)15(19)6-5-13-3-2-4-14(17)11-13/h2-6,11,20H,7-10,12H2,1H3/b6-5+. The molecule has 1 amide bonds. The zero-order valence-corrected chi connectivity index (χ0v) is 12.1. The Morgan fingerprint density at radius 3 is 2.86 bits per heavy atom. The molecule has 0 spiro atoms. The number of amides is 1. The van der Waals surface area contributed by atoms with Gasteiger partial charge in [0, 0.05) is 45.7 Å². The van der Waals surface area contributed by atoms with Crippen LogP contribution in [0.1, 0.15) is 18.4 Å². The van der Waals surface area contributed by atoms with E-state index in [4.69, 9.17) is 4.74 Å². The molecule has 1 heterocycles. The summed E-state index contributed by atoms with van der Waals surface area (Å²) in [6, 6.07) is 6.02. The van der Waals surface area contributed by atoms with Crippen LogP contribution >= 0.6 is 0 Å². The second kappa shape index (κ2) is 6.83. The fourth-order valence-electron chi connectivity index (χ4n) is 2.33. The van der Waals surface area contributed by atoms with Gasteiger partial charge in [-0.3, -0.25) is 4.79 Å². The van der Waals surface area contributed by atoms with Crippen LogP contribution in [0.3, 0.4) is 0 Å². The van der Waals surface area contributed by atoms with Gasteiger partial charge < -0.3 is 14.7 Å². The summed E-state index contributed by atoms with van der Waals surface area (Å²) in [5.41, 5.74) is -0.253. The van der Waals surface area contributed by atoms with Gasteiger partial charge in [0.1, 0.15) is 5.82 Å². The third-order valence-corrected chi connectivity index (χ3v) is 3.60. The van der Waals surface area contributed by atoms with Crippen molar-refractivity contribution >= 4 is 12.0 Å². The fraction of sp³-hybridized carbons (Fsp3) is 0.438. The fourth-order valence-corrected chi connectivity index (χ4v) is 2.33. The highest BCUT2D eigenvalue weighted by molar-refractivity contribution is 5.91. The topological polar surface area (TPSA) is 49.8 Å². The third kappa shape index (κ3) is 4.65. The zero-order chi connectivity index (χ0) is 15.3. The van der Waals surface area contributed by atoms with Gasteiger partial charge in [0.15, 0.2) is 0 Å². The number of carbonyl (C=O) groups excluding carboxylic acids is 1. The van der Waals surface area contributed by atoms with Crippen molar-refractivity contribution in [3.63, 3.8) is 0 Å². The number of ether oxygens (including phenoxy) is 1. The minimum Gasteiger partial charge on any atom is -0.388 e. The molecule has 1 aliphatic heterocycles. The van der Waals surface area contributed by atoms with E-state index < -0.39 is 5.60 Å². The molecule has 1 fully saturated rings. The molecule has 1 aromatic rings. The Labute approximate surface area is 123 Å². The van der Waals surface area contributed by atoms with E-state index in [-0.39, 0.29) is 18.3 Å². The third-order valence-electron chi connectivity index (χ3n) is 3.60. The lowest BCUT2D eigenvalue weighted by Crippen LogP contribution is -2.47. The normalized spacial score (nSPS) is 17.9. The van der Waals surface area contributed by atoms with E-state index in [9.17, 15) is 14.3 Å². The van der Waals surface area contributed by atoms with Crippen LogP contribution in [-0.2, 0) is 9.53 Å². The average molecular weight is 293 g/mol. The highest BCUT2D eigenvalue weighted by Gasteiger charge is 2.31. The van der Waals surface area contributed by atoms with Crippen LogP contribution < -0.4 is 0 Å². The van der Waals surface area contributed by atoms with Gasteiger partial charge in [-0.25, -0.2) is 4.39 Å². The lowest BCUT2D eigenvalue weighted by Gasteiger charge is -2.35. The van der Waals surface area contributed by atoms with Gasteiger partial charge in [0.25, 0.3) is 0 Å². The minimum absolute atomic E-state index is 0.223. The predicted octanol–water partition coefficient (Wildman–Crippen LogP) is 1.84. The molecular weight excluding hydrogens is 273 g/mol. The Hall–Kier alpha value is -1.72. The first-order chi connectivity index (χ1) is 9.98. The summed E-state index contributed by atoms with van der Waals surface area (Å²) in [7, 11) is 1.64. The number of halogens is 1. The van der Waals surface area contributed by atoms with Gasteiger partial charge in [-0.1, -0.05) is 12.1 Å².